The van der Waals surface area contributed by atoms with Crippen LogP contribution in [0.5, 0.6) is 5.75 Å². The zero-order valence-electron chi connectivity index (χ0n) is 10.5. The highest BCUT2D eigenvalue weighted by atomic mass is 19.4. The van der Waals surface area contributed by atoms with E-state index in [9.17, 15) is 48.7 Å². The van der Waals surface area contributed by atoms with Crippen molar-refractivity contribution in [3.05, 3.63) is 17.7 Å². The first-order valence-electron chi connectivity index (χ1n) is 5.19. The van der Waals surface area contributed by atoms with E-state index < -0.39 is 53.8 Å². The Labute approximate surface area is 123 Å². The van der Waals surface area contributed by atoms with Crippen LogP contribution in [0.1, 0.15) is 11.5 Å². The minimum atomic E-state index is -6.82. The van der Waals surface area contributed by atoms with Gasteiger partial charge in [0, 0.05) is 0 Å². The van der Waals surface area contributed by atoms with Crippen LogP contribution in [0.25, 0.3) is 0 Å². The largest absolute Gasteiger partial charge is 0.511 e. The zero-order chi connectivity index (χ0) is 19.1. The molecule has 1 heterocycles. The predicted octanol–water partition coefficient (Wildman–Crippen LogP) is 3.84. The first kappa shape index (κ1) is 19.7. The normalized spacial score (nSPS) is 13.8. The minimum Gasteiger partial charge on any atom is -0.449 e. The number of aromatic nitrogens is 2. The van der Waals surface area contributed by atoms with Crippen LogP contribution >= 0.6 is 0 Å². The number of hydrogen-bond donors (Lipinski definition) is 1. The van der Waals surface area contributed by atoms with Gasteiger partial charge in [-0.15, -0.1) is 0 Å². The summed E-state index contributed by atoms with van der Waals surface area (Å²) in [4.78, 5) is 14.3. The van der Waals surface area contributed by atoms with Crippen LogP contribution in [0.3, 0.4) is 0 Å². The number of carbonyl (C=O) groups is 1. The molecule has 0 aliphatic rings. The molecule has 0 amide bonds. The molecule has 1 rings (SSSR count). The Hall–Kier alpha value is -2.35. The van der Waals surface area contributed by atoms with Gasteiger partial charge in [-0.05, 0) is 0 Å². The van der Waals surface area contributed by atoms with Gasteiger partial charge < -0.3 is 9.84 Å². The quantitative estimate of drug-likeness (QED) is 0.641. The Morgan fingerprint density at radius 3 is 1.88 bits per heavy atom. The third kappa shape index (κ3) is 3.43. The maximum Gasteiger partial charge on any atom is 0.511 e. The van der Waals surface area contributed by atoms with E-state index in [2.05, 4.69) is 9.72 Å². The average molecular weight is 376 g/mol. The molecule has 0 fully saturated rings. The maximum absolute atomic E-state index is 13.3. The molecule has 1 aromatic heterocycles. The van der Waals surface area contributed by atoms with E-state index in [1.807, 2.05) is 4.98 Å². The van der Waals surface area contributed by atoms with Gasteiger partial charge in [0.05, 0.1) is 6.20 Å². The van der Waals surface area contributed by atoms with E-state index in [-0.39, 0.29) is 0 Å². The Balaban J connectivity index is 3.54. The summed E-state index contributed by atoms with van der Waals surface area (Å²) in [6, 6.07) is 0. The fraction of sp³-hybridized carbons (Fsp3) is 0.444. The molecule has 0 spiro atoms. The highest BCUT2D eigenvalue weighted by Crippen LogP contribution is 2.51. The fourth-order valence-corrected chi connectivity index (χ4v) is 1.21. The summed E-state index contributed by atoms with van der Waals surface area (Å²) < 4.78 is 129. The van der Waals surface area contributed by atoms with Crippen molar-refractivity contribution in [3.8, 4) is 5.75 Å². The highest BCUT2D eigenvalue weighted by Gasteiger charge is 2.75. The number of halogens is 10. The molecule has 24 heavy (non-hydrogen) atoms. The van der Waals surface area contributed by atoms with E-state index in [4.69, 9.17) is 5.11 Å². The first-order valence-corrected chi connectivity index (χ1v) is 5.19. The maximum atomic E-state index is 13.3. The van der Waals surface area contributed by atoms with E-state index in [0.717, 1.165) is 0 Å². The van der Waals surface area contributed by atoms with Gasteiger partial charge >= 0.3 is 30.4 Å². The summed E-state index contributed by atoms with van der Waals surface area (Å²) in [6.07, 6.45) is -15.3. The van der Waals surface area contributed by atoms with Crippen LogP contribution < -0.4 is 4.74 Å². The Kier molecular flexibility index (Phi) is 4.62. The van der Waals surface area contributed by atoms with Gasteiger partial charge in [-0.1, -0.05) is 0 Å². The van der Waals surface area contributed by atoms with Gasteiger partial charge in [0.1, 0.15) is 0 Å². The second kappa shape index (κ2) is 5.62. The summed E-state index contributed by atoms with van der Waals surface area (Å²) in [5.41, 5.74) is -2.58. The van der Waals surface area contributed by atoms with Crippen molar-refractivity contribution >= 4 is 6.16 Å². The minimum absolute atomic E-state index is 0.417. The van der Waals surface area contributed by atoms with Crippen LogP contribution in [0.2, 0.25) is 0 Å². The molecule has 0 unspecified atom stereocenters. The third-order valence-corrected chi connectivity index (χ3v) is 2.25. The van der Waals surface area contributed by atoms with E-state index in [1.165, 1.54) is 0 Å². The van der Waals surface area contributed by atoms with Crippen LogP contribution in [0.4, 0.5) is 48.7 Å². The van der Waals surface area contributed by atoms with Crippen molar-refractivity contribution in [2.45, 2.75) is 24.2 Å². The molecule has 0 saturated carbocycles. The van der Waals surface area contributed by atoms with Gasteiger partial charge in [-0.3, -0.25) is 0 Å². The molecule has 5 nitrogen and oxygen atoms in total. The smallest absolute Gasteiger partial charge is 0.449 e. The number of carboxylic acid groups (broad SMARTS) is 1. The monoisotopic (exact) mass is 376 g/mol. The molecule has 0 bridgehead atoms. The van der Waals surface area contributed by atoms with E-state index >= 15 is 0 Å². The second-order valence-corrected chi connectivity index (χ2v) is 3.92. The molecule has 136 valence electrons. The van der Waals surface area contributed by atoms with Crippen molar-refractivity contribution in [2.75, 3.05) is 0 Å². The third-order valence-electron chi connectivity index (χ3n) is 2.25. The molecule has 0 saturated heterocycles. The van der Waals surface area contributed by atoms with E-state index in [1.54, 1.807) is 0 Å². The second-order valence-electron chi connectivity index (χ2n) is 3.92. The molecule has 0 aliphatic heterocycles. The molecule has 1 N–H and O–H groups in total. The lowest BCUT2D eigenvalue weighted by Crippen LogP contribution is -2.50. The number of alkyl halides is 10. The summed E-state index contributed by atoms with van der Waals surface area (Å²) in [6.45, 7) is 0. The molecular weight excluding hydrogens is 374 g/mol. The van der Waals surface area contributed by atoms with Crippen LogP contribution in [0, 0.1) is 0 Å². The summed E-state index contributed by atoms with van der Waals surface area (Å²) in [7, 11) is 0. The van der Waals surface area contributed by atoms with Gasteiger partial charge in [0.15, 0.2) is 11.4 Å². The molecule has 0 aliphatic carbocycles. The fourth-order valence-electron chi connectivity index (χ4n) is 1.21. The lowest BCUT2D eigenvalue weighted by Gasteiger charge is -2.27. The van der Waals surface area contributed by atoms with Crippen LogP contribution in [0.15, 0.2) is 6.20 Å². The Morgan fingerprint density at radius 1 is 1.00 bits per heavy atom. The lowest BCUT2D eigenvalue weighted by atomic mass is 10.1. The van der Waals surface area contributed by atoms with Gasteiger partial charge in [0.2, 0.25) is 5.82 Å². The number of rotatable bonds is 3. The molecule has 15 heteroatoms. The van der Waals surface area contributed by atoms with Crippen molar-refractivity contribution in [1.29, 1.82) is 0 Å². The Bertz CT molecular complexity index is 639. The van der Waals surface area contributed by atoms with Crippen molar-refractivity contribution < 1.29 is 58.5 Å². The van der Waals surface area contributed by atoms with Crippen molar-refractivity contribution in [2.24, 2.45) is 0 Å². The molecular formula is C9H2F10N2O3. The van der Waals surface area contributed by atoms with E-state index in [0.29, 0.717) is 0 Å². The summed E-state index contributed by atoms with van der Waals surface area (Å²) in [5, 5.41) is 8.16. The number of nitrogens with zero attached hydrogens (tertiary/aromatic N) is 2. The van der Waals surface area contributed by atoms with Gasteiger partial charge in [0.25, 0.3) is 0 Å². The molecule has 0 atom stereocenters. The molecule has 0 radical (unpaired) electrons. The SMILES string of the molecule is O=C(O)Oc1cnc(C(F)(F)C(F)(F)C(F)(F)F)nc1C(F)(F)F. The van der Waals surface area contributed by atoms with Crippen LogP contribution in [-0.4, -0.2) is 33.3 Å². The summed E-state index contributed by atoms with van der Waals surface area (Å²) in [5.74, 6) is -17.7. The molecule has 0 aromatic carbocycles. The van der Waals surface area contributed by atoms with Crippen molar-refractivity contribution in [1.82, 2.24) is 9.97 Å². The average Bonchev–Trinajstić information content (AvgIpc) is 2.35. The topological polar surface area (TPSA) is 72.3 Å². The number of ether oxygens (including phenoxy) is 1. The standard InChI is InChI=1S/C9H2F10N2O3/c10-6(11,8(15,16)9(17,18)19)4-20-1-2(24-5(22)23)3(21-4)7(12,13)14/h1H,(H,22,23). The number of hydrogen-bond acceptors (Lipinski definition) is 4. The Morgan fingerprint density at radius 2 is 1.50 bits per heavy atom. The predicted molar refractivity (Wildman–Crippen MR) is 50.6 cm³/mol. The van der Waals surface area contributed by atoms with Gasteiger partial charge in [-0.2, -0.15) is 43.9 Å². The molecule has 1 aromatic rings. The lowest BCUT2D eigenvalue weighted by molar-refractivity contribution is -0.361. The zero-order valence-corrected chi connectivity index (χ0v) is 10.5. The first-order chi connectivity index (χ1) is 10.5. The summed E-state index contributed by atoms with van der Waals surface area (Å²) >= 11 is 0. The van der Waals surface area contributed by atoms with Crippen molar-refractivity contribution in [3.63, 3.8) is 0 Å². The van der Waals surface area contributed by atoms with Gasteiger partial charge in [-0.25, -0.2) is 14.8 Å². The highest BCUT2D eigenvalue weighted by molar-refractivity contribution is 5.61. The van der Waals surface area contributed by atoms with Crippen LogP contribution in [-0.2, 0) is 12.1 Å².